The lowest BCUT2D eigenvalue weighted by atomic mass is 11.3. The minimum atomic E-state index is -1.36. The molecule has 0 aromatic carbocycles. The summed E-state index contributed by atoms with van der Waals surface area (Å²) in [7, 11) is -1.79. The van der Waals surface area contributed by atoms with Gasteiger partial charge in [-0.1, -0.05) is 0 Å². The summed E-state index contributed by atoms with van der Waals surface area (Å²) in [6.45, 7) is 15.2. The van der Waals surface area contributed by atoms with Crippen molar-refractivity contribution in [1.82, 2.24) is 0 Å². The number of hydrogen-bond donors (Lipinski definition) is 0. The average molecular weight is 217 g/mol. The lowest BCUT2D eigenvalue weighted by molar-refractivity contribution is 0.556. The van der Waals surface area contributed by atoms with Crippen LogP contribution in [-0.4, -0.2) is 26.2 Å². The summed E-state index contributed by atoms with van der Waals surface area (Å²) in [6.07, 6.45) is 0. The predicted octanol–water partition coefficient (Wildman–Crippen LogP) is 2.85. The highest BCUT2D eigenvalue weighted by molar-refractivity contribution is 6.88. The highest BCUT2D eigenvalue weighted by Crippen LogP contribution is 2.17. The van der Waals surface area contributed by atoms with Gasteiger partial charge in [0, 0.05) is 0 Å². The van der Waals surface area contributed by atoms with Gasteiger partial charge in [0.05, 0.1) is 0 Å². The summed E-state index contributed by atoms with van der Waals surface area (Å²) in [5.41, 5.74) is 3.25. The maximum Gasteiger partial charge on any atom is 0.170 e. The third-order valence-electron chi connectivity index (χ3n) is 1.25. The third kappa shape index (κ3) is 7.02. The van der Waals surface area contributed by atoms with E-state index >= 15 is 0 Å². The van der Waals surface area contributed by atoms with Crippen molar-refractivity contribution in [3.63, 3.8) is 0 Å². The standard InChI is InChI=1S/C8H20OSi3/c1-7-10-8-12(5,6)9-11(2,3)4/h7H,1,8H2,2-6H3/q-1. The van der Waals surface area contributed by atoms with Crippen molar-refractivity contribution in [2.75, 3.05) is 0 Å². The van der Waals surface area contributed by atoms with Crippen molar-refractivity contribution >= 4 is 26.2 Å². The fourth-order valence-electron chi connectivity index (χ4n) is 1.18. The van der Waals surface area contributed by atoms with E-state index in [0.717, 1.165) is 9.52 Å². The van der Waals surface area contributed by atoms with E-state index in [1.54, 1.807) is 0 Å². The van der Waals surface area contributed by atoms with E-state index in [-0.39, 0.29) is 0 Å². The van der Waals surface area contributed by atoms with Crippen LogP contribution >= 0.6 is 0 Å². The van der Waals surface area contributed by atoms with Gasteiger partial charge in [0.1, 0.15) is 8.32 Å². The molecule has 0 rings (SSSR count). The molecule has 0 aliphatic rings. The minimum absolute atomic E-state index is 0.875. The Hall–Kier alpha value is 0.351. The summed E-state index contributed by atoms with van der Waals surface area (Å²) < 4.78 is 6.16. The molecule has 0 aromatic rings. The maximum absolute atomic E-state index is 6.16. The van der Waals surface area contributed by atoms with Gasteiger partial charge < -0.3 is 13.6 Å². The van der Waals surface area contributed by atoms with E-state index in [1.165, 1.54) is 5.67 Å². The highest BCUT2D eigenvalue weighted by Gasteiger charge is 2.25. The molecule has 0 saturated heterocycles. The van der Waals surface area contributed by atoms with Gasteiger partial charge >= 0.3 is 0 Å². The van der Waals surface area contributed by atoms with Gasteiger partial charge in [0.25, 0.3) is 0 Å². The molecule has 0 spiro atoms. The summed E-state index contributed by atoms with van der Waals surface area (Å²) in [4.78, 5) is 0. The Labute approximate surface area is 81.3 Å². The Balaban J connectivity index is 3.94. The molecule has 0 amide bonds. The first-order valence-corrected chi connectivity index (χ1v) is 12.1. The first kappa shape index (κ1) is 12.4. The molecule has 0 N–H and O–H groups in total. The van der Waals surface area contributed by atoms with Crippen LogP contribution in [0.4, 0.5) is 0 Å². The summed E-state index contributed by atoms with van der Waals surface area (Å²) >= 11 is 0. The second kappa shape index (κ2) is 4.55. The van der Waals surface area contributed by atoms with Crippen molar-refractivity contribution in [1.29, 1.82) is 0 Å². The molecule has 0 aliphatic heterocycles. The second-order valence-corrected chi connectivity index (χ2v) is 15.4. The summed E-state index contributed by atoms with van der Waals surface area (Å²) in [6, 6.07) is 0. The van der Waals surface area contributed by atoms with Crippen LogP contribution in [-0.2, 0) is 4.12 Å². The SMILES string of the molecule is C=C[Si-]C[Si](C)(C)O[Si](C)(C)C. The van der Waals surface area contributed by atoms with Gasteiger partial charge in [-0.15, -0.1) is 6.58 Å². The van der Waals surface area contributed by atoms with Gasteiger partial charge in [0.2, 0.25) is 0 Å². The molecule has 12 heavy (non-hydrogen) atoms. The molecule has 0 aliphatic carbocycles. The van der Waals surface area contributed by atoms with E-state index in [9.17, 15) is 0 Å². The predicted molar refractivity (Wildman–Crippen MR) is 62.7 cm³/mol. The molecule has 1 nitrogen and oxygen atoms in total. The molecule has 1 radical (unpaired) electrons. The van der Waals surface area contributed by atoms with Crippen molar-refractivity contribution in [3.05, 3.63) is 12.3 Å². The topological polar surface area (TPSA) is 9.23 Å². The first-order valence-electron chi connectivity index (χ1n) is 4.31. The Morgan fingerprint density at radius 1 is 1.25 bits per heavy atom. The van der Waals surface area contributed by atoms with Crippen molar-refractivity contribution < 1.29 is 4.12 Å². The molecule has 0 atom stereocenters. The van der Waals surface area contributed by atoms with Crippen molar-refractivity contribution in [2.24, 2.45) is 0 Å². The molecule has 0 aromatic heterocycles. The maximum atomic E-state index is 6.16. The van der Waals surface area contributed by atoms with Crippen LogP contribution in [0.2, 0.25) is 38.4 Å². The largest absolute Gasteiger partial charge is 0.458 e. The molecule has 0 saturated carbocycles. The lowest BCUT2D eigenvalue weighted by Crippen LogP contribution is -2.42. The fourth-order valence-corrected chi connectivity index (χ4v) is 11.3. The van der Waals surface area contributed by atoms with Gasteiger partial charge in [-0.25, -0.2) is 0 Å². The summed E-state index contributed by atoms with van der Waals surface area (Å²) in [5, 5.41) is 0. The van der Waals surface area contributed by atoms with Crippen LogP contribution in [0.3, 0.4) is 0 Å². The van der Waals surface area contributed by atoms with Crippen LogP contribution in [0.1, 0.15) is 0 Å². The van der Waals surface area contributed by atoms with Gasteiger partial charge in [-0.05, 0) is 32.7 Å². The van der Waals surface area contributed by atoms with Gasteiger partial charge in [0.15, 0.2) is 8.32 Å². The second-order valence-electron chi connectivity index (χ2n) is 4.56. The Kier molecular flexibility index (Phi) is 4.68. The fraction of sp³-hybridized carbons (Fsp3) is 0.750. The van der Waals surface area contributed by atoms with E-state index in [0.29, 0.717) is 0 Å². The van der Waals surface area contributed by atoms with Gasteiger partial charge in [-0.3, -0.25) is 5.70 Å². The van der Waals surface area contributed by atoms with Crippen LogP contribution in [0.15, 0.2) is 12.3 Å². The Bertz CT molecular complexity index is 149. The Morgan fingerprint density at radius 2 is 1.75 bits per heavy atom. The highest BCUT2D eigenvalue weighted by atomic mass is 28.4. The van der Waals surface area contributed by atoms with E-state index in [2.05, 4.69) is 39.3 Å². The zero-order chi connectivity index (χ0) is 9.83. The molecule has 0 bridgehead atoms. The molecule has 0 heterocycles. The zero-order valence-electron chi connectivity index (χ0n) is 8.90. The van der Waals surface area contributed by atoms with E-state index in [1.807, 2.05) is 5.70 Å². The number of rotatable bonds is 5. The number of hydrogen-bond acceptors (Lipinski definition) is 1. The summed E-state index contributed by atoms with van der Waals surface area (Å²) in [5.74, 6) is 0. The van der Waals surface area contributed by atoms with Crippen LogP contribution < -0.4 is 0 Å². The van der Waals surface area contributed by atoms with Crippen LogP contribution in [0.25, 0.3) is 0 Å². The van der Waals surface area contributed by atoms with E-state index in [4.69, 9.17) is 4.12 Å². The molecule has 0 unspecified atom stereocenters. The monoisotopic (exact) mass is 216 g/mol. The third-order valence-corrected chi connectivity index (χ3v) is 10.4. The average Bonchev–Trinajstić information content (AvgIpc) is 1.78. The smallest absolute Gasteiger partial charge is 0.170 e. The quantitative estimate of drug-likeness (QED) is 0.642. The molecular weight excluding hydrogens is 196 g/mol. The van der Waals surface area contributed by atoms with Crippen LogP contribution in [0.5, 0.6) is 0 Å². The van der Waals surface area contributed by atoms with Crippen molar-refractivity contribution in [3.8, 4) is 0 Å². The molecule has 4 heteroatoms. The normalized spacial score (nSPS) is 12.8. The first-order chi connectivity index (χ1) is 5.27. The van der Waals surface area contributed by atoms with E-state index < -0.39 is 16.6 Å². The molecule has 71 valence electrons. The lowest BCUT2D eigenvalue weighted by Gasteiger charge is -2.35. The van der Waals surface area contributed by atoms with Crippen LogP contribution in [0, 0.1) is 0 Å². The molecule has 0 fully saturated rings. The van der Waals surface area contributed by atoms with Crippen molar-refractivity contribution in [2.45, 2.75) is 38.4 Å². The minimum Gasteiger partial charge on any atom is -0.458 e. The zero-order valence-corrected chi connectivity index (χ0v) is 11.9. The molecular formula is C8H20OSi3-. The Morgan fingerprint density at radius 3 is 2.08 bits per heavy atom. The van der Waals surface area contributed by atoms with Gasteiger partial charge in [-0.2, -0.15) is 5.67 Å².